The maximum Gasteiger partial charge on any atom is 0.489 e. The molecule has 0 radical (unpaired) electrons. The highest BCUT2D eigenvalue weighted by Gasteiger charge is 2.16. The molecule has 0 aliphatic heterocycles. The van der Waals surface area contributed by atoms with E-state index in [2.05, 4.69) is 0 Å². The van der Waals surface area contributed by atoms with Crippen molar-refractivity contribution in [3.63, 3.8) is 0 Å². The molecule has 0 amide bonds. The summed E-state index contributed by atoms with van der Waals surface area (Å²) in [5, 5.41) is 18.2. The van der Waals surface area contributed by atoms with Crippen LogP contribution in [0.3, 0.4) is 0 Å². The molecule has 0 saturated carbocycles. The fourth-order valence-electron chi connectivity index (χ4n) is 1.70. The van der Waals surface area contributed by atoms with E-state index >= 15 is 0 Å². The molecule has 0 spiro atoms. The molecule has 0 aliphatic rings. The van der Waals surface area contributed by atoms with Crippen LogP contribution in [0.1, 0.15) is 15.9 Å². The van der Waals surface area contributed by atoms with Crippen LogP contribution in [0.25, 0.3) is 0 Å². The van der Waals surface area contributed by atoms with Gasteiger partial charge in [0.2, 0.25) is 0 Å². The summed E-state index contributed by atoms with van der Waals surface area (Å²) in [7, 11) is -1.67. The average Bonchev–Trinajstić information content (AvgIpc) is 2.41. The highest BCUT2D eigenvalue weighted by Crippen LogP contribution is 2.21. The summed E-state index contributed by atoms with van der Waals surface area (Å²) in [5.74, 6) is 1.12. The Kier molecular flexibility index (Phi) is 3.99. The fraction of sp³-hybridized carbons (Fsp3) is 0.0714. The van der Waals surface area contributed by atoms with Gasteiger partial charge in [-0.05, 0) is 36.7 Å². The zero-order valence-electron chi connectivity index (χ0n) is 10.4. The molecule has 0 unspecified atom stereocenters. The van der Waals surface area contributed by atoms with E-state index in [0.29, 0.717) is 17.8 Å². The van der Waals surface area contributed by atoms with Crippen molar-refractivity contribution in [1.29, 1.82) is 0 Å². The molecule has 0 saturated heterocycles. The smallest absolute Gasteiger partial charge is 0.457 e. The van der Waals surface area contributed by atoms with Gasteiger partial charge in [-0.1, -0.05) is 23.8 Å². The van der Waals surface area contributed by atoms with Gasteiger partial charge in [0.1, 0.15) is 17.8 Å². The third kappa shape index (κ3) is 3.22. The molecule has 2 rings (SSSR count). The van der Waals surface area contributed by atoms with Crippen LogP contribution in [0.5, 0.6) is 11.5 Å². The maximum atomic E-state index is 10.9. The van der Waals surface area contributed by atoms with E-state index < -0.39 is 7.12 Å². The minimum Gasteiger partial charge on any atom is -0.457 e. The van der Waals surface area contributed by atoms with Gasteiger partial charge in [0, 0.05) is 5.56 Å². The number of carbonyl (C=O) groups excluding carboxylic acids is 1. The van der Waals surface area contributed by atoms with Crippen molar-refractivity contribution < 1.29 is 19.6 Å². The summed E-state index contributed by atoms with van der Waals surface area (Å²) < 4.78 is 5.59. The Morgan fingerprint density at radius 2 is 1.68 bits per heavy atom. The largest absolute Gasteiger partial charge is 0.489 e. The lowest BCUT2D eigenvalue weighted by Crippen LogP contribution is -2.32. The fourth-order valence-corrected chi connectivity index (χ4v) is 1.70. The zero-order chi connectivity index (χ0) is 13.8. The zero-order valence-corrected chi connectivity index (χ0v) is 10.4. The molecule has 0 heterocycles. The molecule has 0 atom stereocenters. The van der Waals surface area contributed by atoms with E-state index in [9.17, 15) is 4.79 Å². The number of hydrogen-bond acceptors (Lipinski definition) is 4. The predicted octanol–water partition coefficient (Wildman–Crippen LogP) is 1.28. The molecule has 2 N–H and O–H groups in total. The van der Waals surface area contributed by atoms with Crippen molar-refractivity contribution in [1.82, 2.24) is 0 Å². The second kappa shape index (κ2) is 5.69. The van der Waals surface area contributed by atoms with Crippen LogP contribution in [0, 0.1) is 6.92 Å². The minimum atomic E-state index is -1.67. The lowest BCUT2D eigenvalue weighted by Gasteiger charge is -2.09. The van der Waals surface area contributed by atoms with Gasteiger partial charge in [-0.15, -0.1) is 0 Å². The van der Waals surface area contributed by atoms with Gasteiger partial charge in [0.25, 0.3) is 0 Å². The van der Waals surface area contributed by atoms with Gasteiger partial charge in [0.05, 0.1) is 0 Å². The van der Waals surface area contributed by atoms with Gasteiger partial charge in [-0.2, -0.15) is 0 Å². The summed E-state index contributed by atoms with van der Waals surface area (Å²) in [6.45, 7) is 1.98. The van der Waals surface area contributed by atoms with E-state index in [0.717, 1.165) is 5.56 Å². The number of aldehydes is 1. The van der Waals surface area contributed by atoms with E-state index in [1.54, 1.807) is 6.07 Å². The highest BCUT2D eigenvalue weighted by atomic mass is 16.5. The number of rotatable bonds is 4. The lowest BCUT2D eigenvalue weighted by atomic mass is 9.77. The SMILES string of the molecule is Cc1ccc(Oc2ccc(B(O)O)c(C=O)c2)cc1. The van der Waals surface area contributed by atoms with E-state index in [4.69, 9.17) is 14.8 Å². The first-order chi connectivity index (χ1) is 9.10. The standard InChI is InChI=1S/C14H13BO4/c1-10-2-4-12(5-3-10)19-13-6-7-14(15(17)18)11(8-13)9-16/h2-9,17-18H,1H3. The number of aryl methyl sites for hydroxylation is 1. The second-order valence-corrected chi connectivity index (χ2v) is 4.20. The third-order valence-electron chi connectivity index (χ3n) is 2.72. The first-order valence-electron chi connectivity index (χ1n) is 5.80. The molecule has 0 aromatic heterocycles. The number of benzene rings is 2. The summed E-state index contributed by atoms with van der Waals surface area (Å²) >= 11 is 0. The Morgan fingerprint density at radius 1 is 1.05 bits per heavy atom. The summed E-state index contributed by atoms with van der Waals surface area (Å²) in [4.78, 5) is 10.9. The number of carbonyl (C=O) groups is 1. The van der Waals surface area contributed by atoms with Crippen LogP contribution in [0.4, 0.5) is 0 Å². The molecule has 2 aromatic rings. The highest BCUT2D eigenvalue weighted by molar-refractivity contribution is 6.60. The minimum absolute atomic E-state index is 0.159. The molecule has 0 fully saturated rings. The predicted molar refractivity (Wildman–Crippen MR) is 72.9 cm³/mol. The van der Waals surface area contributed by atoms with Crippen molar-refractivity contribution >= 4 is 18.9 Å². The Bertz CT molecular complexity index is 578. The molecular formula is C14H13BO4. The Labute approximate surface area is 111 Å². The van der Waals surface area contributed by atoms with Gasteiger partial charge in [-0.3, -0.25) is 4.79 Å². The van der Waals surface area contributed by atoms with Crippen LogP contribution < -0.4 is 10.2 Å². The van der Waals surface area contributed by atoms with E-state index in [1.165, 1.54) is 12.1 Å². The van der Waals surface area contributed by atoms with Crippen molar-refractivity contribution in [2.45, 2.75) is 6.92 Å². The molecule has 19 heavy (non-hydrogen) atoms. The van der Waals surface area contributed by atoms with Crippen LogP contribution in [-0.4, -0.2) is 23.5 Å². The van der Waals surface area contributed by atoms with Crippen LogP contribution in [0.15, 0.2) is 42.5 Å². The Hall–Kier alpha value is -2.11. The third-order valence-corrected chi connectivity index (χ3v) is 2.72. The maximum absolute atomic E-state index is 10.9. The lowest BCUT2D eigenvalue weighted by molar-refractivity contribution is 0.112. The second-order valence-electron chi connectivity index (χ2n) is 4.20. The van der Waals surface area contributed by atoms with Crippen LogP contribution in [0.2, 0.25) is 0 Å². The van der Waals surface area contributed by atoms with E-state index in [-0.39, 0.29) is 11.0 Å². The van der Waals surface area contributed by atoms with Gasteiger partial charge in [0.15, 0.2) is 0 Å². The average molecular weight is 256 g/mol. The summed E-state index contributed by atoms with van der Waals surface area (Å²) in [6.07, 6.45) is 0.566. The monoisotopic (exact) mass is 256 g/mol. The topological polar surface area (TPSA) is 66.8 Å². The summed E-state index contributed by atoms with van der Waals surface area (Å²) in [5.41, 5.74) is 1.48. The molecule has 2 aromatic carbocycles. The molecule has 4 nitrogen and oxygen atoms in total. The molecular weight excluding hydrogens is 243 g/mol. The summed E-state index contributed by atoms with van der Waals surface area (Å²) in [6, 6.07) is 12.0. The number of hydrogen-bond donors (Lipinski definition) is 2. The van der Waals surface area contributed by atoms with E-state index in [1.807, 2.05) is 31.2 Å². The van der Waals surface area contributed by atoms with Crippen molar-refractivity contribution in [3.05, 3.63) is 53.6 Å². The molecule has 5 heteroatoms. The first kappa shape index (κ1) is 13.3. The van der Waals surface area contributed by atoms with Gasteiger partial charge >= 0.3 is 7.12 Å². The van der Waals surface area contributed by atoms with Crippen LogP contribution >= 0.6 is 0 Å². The van der Waals surface area contributed by atoms with Crippen LogP contribution in [-0.2, 0) is 0 Å². The first-order valence-corrected chi connectivity index (χ1v) is 5.80. The van der Waals surface area contributed by atoms with Gasteiger partial charge in [-0.25, -0.2) is 0 Å². The van der Waals surface area contributed by atoms with Crippen molar-refractivity contribution in [3.8, 4) is 11.5 Å². The normalized spacial score (nSPS) is 10.1. The van der Waals surface area contributed by atoms with Crippen molar-refractivity contribution in [2.24, 2.45) is 0 Å². The Balaban J connectivity index is 2.26. The van der Waals surface area contributed by atoms with Crippen molar-refractivity contribution in [2.75, 3.05) is 0 Å². The Morgan fingerprint density at radius 3 is 2.26 bits per heavy atom. The quantitative estimate of drug-likeness (QED) is 0.638. The molecule has 96 valence electrons. The van der Waals surface area contributed by atoms with Gasteiger partial charge < -0.3 is 14.8 Å². The molecule has 0 aliphatic carbocycles. The number of ether oxygens (including phenoxy) is 1. The molecule has 0 bridgehead atoms.